The molecule has 0 atom stereocenters. The Hall–Kier alpha value is -1.94. The molecule has 30 heavy (non-hydrogen) atoms. The van der Waals surface area contributed by atoms with Gasteiger partial charge >= 0.3 is 146 Å². The summed E-state index contributed by atoms with van der Waals surface area (Å²) in [5.41, 5.74) is 0. The van der Waals surface area contributed by atoms with Crippen molar-refractivity contribution in [1.29, 1.82) is 0 Å². The van der Waals surface area contributed by atoms with E-state index in [0.29, 0.717) is 6.10 Å². The van der Waals surface area contributed by atoms with Crippen LogP contribution < -0.4 is 15.9 Å². The quantitative estimate of drug-likeness (QED) is 0.401. The summed E-state index contributed by atoms with van der Waals surface area (Å²) in [5, 5.41) is 3.03. The Morgan fingerprint density at radius 1 is 0.733 bits per heavy atom. The van der Waals surface area contributed by atoms with Gasteiger partial charge in [0.25, 0.3) is 0 Å². The van der Waals surface area contributed by atoms with E-state index < -0.39 is 19.9 Å². The zero-order valence-corrected chi connectivity index (χ0v) is 20.7. The zero-order valence-electron chi connectivity index (χ0n) is 17.7. The first-order valence-electron chi connectivity index (χ1n) is 10.1. The van der Waals surface area contributed by atoms with Gasteiger partial charge in [-0.1, -0.05) is 0 Å². The van der Waals surface area contributed by atoms with E-state index in [4.69, 9.17) is 4.43 Å². The van der Waals surface area contributed by atoms with Crippen LogP contribution >= 0.6 is 7.26 Å². The topological polar surface area (TPSA) is 9.23 Å². The second-order valence-corrected chi connectivity index (χ2v) is 11.9. The van der Waals surface area contributed by atoms with E-state index in [1.807, 2.05) is 105 Å². The maximum absolute atomic E-state index is 13.2. The molecule has 3 aromatic rings. The van der Waals surface area contributed by atoms with Crippen LogP contribution in [0.2, 0.25) is 0 Å². The summed E-state index contributed by atoms with van der Waals surface area (Å²) in [6.07, 6.45) is -4.40. The zero-order chi connectivity index (χ0) is 22.0. The van der Waals surface area contributed by atoms with Crippen molar-refractivity contribution >= 4 is 33.7 Å². The molecule has 3 aromatic carbocycles. The molecule has 6 heteroatoms. The van der Waals surface area contributed by atoms with Gasteiger partial charge in [0.1, 0.15) is 10.5 Å². The average Bonchev–Trinajstić information content (AvgIpc) is 2.76. The predicted molar refractivity (Wildman–Crippen MR) is 128 cm³/mol. The Balaban J connectivity index is 0.000000575. The third-order valence-corrected chi connectivity index (χ3v) is 11.0. The molecule has 162 valence electrons. The molecule has 0 saturated heterocycles. The van der Waals surface area contributed by atoms with Crippen molar-refractivity contribution in [1.82, 2.24) is 0 Å². The van der Waals surface area contributed by atoms with Crippen molar-refractivity contribution in [3.05, 3.63) is 91.0 Å². The molecule has 0 radical (unpaired) electrons. The molecule has 3 rings (SSSR count). The van der Waals surface area contributed by atoms with Gasteiger partial charge in [-0.3, -0.25) is 0 Å². The molecule has 0 aliphatic heterocycles. The molecule has 0 N–H and O–H groups in total. The molecule has 0 aliphatic carbocycles. The van der Waals surface area contributed by atoms with Gasteiger partial charge in [0, 0.05) is 6.10 Å². The van der Waals surface area contributed by atoms with Crippen LogP contribution in [-0.4, -0.2) is 28.9 Å². The number of benzene rings is 3. The Kier molecular flexibility index (Phi) is 9.28. The van der Waals surface area contributed by atoms with E-state index in [-0.39, 0.29) is 6.16 Å². The summed E-state index contributed by atoms with van der Waals surface area (Å²) in [6, 6.07) is 29.0. The molecule has 0 amide bonds. The van der Waals surface area contributed by atoms with E-state index in [2.05, 4.69) is 0 Å². The van der Waals surface area contributed by atoms with Gasteiger partial charge in [-0.05, 0) is 13.8 Å². The van der Waals surface area contributed by atoms with Gasteiger partial charge in [-0.2, -0.15) is 0 Å². The van der Waals surface area contributed by atoms with Gasteiger partial charge < -0.3 is 4.43 Å². The van der Waals surface area contributed by atoms with Gasteiger partial charge in [-0.25, -0.2) is 0 Å². The number of halogens is 3. The maximum atomic E-state index is 13.2. The summed E-state index contributed by atoms with van der Waals surface area (Å²) < 4.78 is 44.4. The van der Waals surface area contributed by atoms with Crippen LogP contribution in [0.25, 0.3) is 0 Å². The van der Waals surface area contributed by atoms with Crippen molar-refractivity contribution in [2.45, 2.75) is 32.5 Å². The summed E-state index contributed by atoms with van der Waals surface area (Å²) in [7, 11) is -1.88. The predicted octanol–water partition coefficient (Wildman–Crippen LogP) is 4.36. The van der Waals surface area contributed by atoms with E-state index in [0.717, 1.165) is 26.4 Å². The Morgan fingerprint density at radius 3 is 1.27 bits per heavy atom. The van der Waals surface area contributed by atoms with E-state index in [9.17, 15) is 13.2 Å². The fraction of sp³-hybridized carbons (Fsp3) is 0.250. The SMILES string of the molecule is CC(C)O[SiH3].FC(F)(F)CC[PH](c1ccccc1)(c1ccccc1)c1ccccc1. The summed E-state index contributed by atoms with van der Waals surface area (Å²) in [4.78, 5) is 0. The summed E-state index contributed by atoms with van der Waals surface area (Å²) >= 11 is 0. The van der Waals surface area contributed by atoms with Crippen LogP contribution in [0.1, 0.15) is 20.3 Å². The van der Waals surface area contributed by atoms with Gasteiger partial charge in [0.05, 0.1) is 0 Å². The average molecular weight is 451 g/mol. The summed E-state index contributed by atoms with van der Waals surface area (Å²) in [5.74, 6) is 0. The molecule has 0 fully saturated rings. The third kappa shape index (κ3) is 6.80. The van der Waals surface area contributed by atoms with Crippen molar-refractivity contribution < 1.29 is 17.6 Å². The minimum atomic E-state index is -4.17. The molecular weight excluding hydrogens is 420 g/mol. The number of alkyl halides is 3. The van der Waals surface area contributed by atoms with Gasteiger partial charge in [0.2, 0.25) is 0 Å². The molecule has 0 unspecified atom stereocenters. The van der Waals surface area contributed by atoms with Crippen molar-refractivity contribution in [2.24, 2.45) is 0 Å². The number of rotatable bonds is 6. The van der Waals surface area contributed by atoms with Gasteiger partial charge in [-0.15, -0.1) is 0 Å². The van der Waals surface area contributed by atoms with E-state index >= 15 is 0 Å². The van der Waals surface area contributed by atoms with Crippen LogP contribution in [0, 0.1) is 0 Å². The Labute approximate surface area is 181 Å². The first-order chi connectivity index (χ1) is 14.3. The van der Waals surface area contributed by atoms with Crippen LogP contribution in [0.5, 0.6) is 0 Å². The van der Waals surface area contributed by atoms with Crippen molar-refractivity contribution in [3.63, 3.8) is 0 Å². The second-order valence-electron chi connectivity index (χ2n) is 7.40. The van der Waals surface area contributed by atoms with E-state index in [1.165, 1.54) is 0 Å². The fourth-order valence-electron chi connectivity index (χ4n) is 3.43. The monoisotopic (exact) mass is 450 g/mol. The van der Waals surface area contributed by atoms with Crippen LogP contribution in [-0.2, 0) is 4.43 Å². The fourth-order valence-corrected chi connectivity index (χ4v) is 8.24. The van der Waals surface area contributed by atoms with Crippen LogP contribution in [0.4, 0.5) is 13.2 Å². The normalized spacial score (nSPS) is 12.3. The van der Waals surface area contributed by atoms with Crippen molar-refractivity contribution in [2.75, 3.05) is 6.16 Å². The van der Waals surface area contributed by atoms with Crippen LogP contribution in [0.3, 0.4) is 0 Å². The van der Waals surface area contributed by atoms with Gasteiger partial charge in [0.15, 0.2) is 0 Å². The second kappa shape index (κ2) is 11.4. The molecule has 0 saturated carbocycles. The Morgan fingerprint density at radius 2 is 1.03 bits per heavy atom. The first kappa shape index (κ1) is 24.3. The molecule has 0 heterocycles. The number of hydrogen-bond donors (Lipinski definition) is 0. The molecule has 0 aromatic heterocycles. The minimum absolute atomic E-state index is 0.106. The van der Waals surface area contributed by atoms with Crippen LogP contribution in [0.15, 0.2) is 91.0 Å². The molecule has 0 aliphatic rings. The summed E-state index contributed by atoms with van der Waals surface area (Å²) in [6.45, 7) is 4.07. The molecule has 1 nitrogen and oxygen atoms in total. The van der Waals surface area contributed by atoms with E-state index in [1.54, 1.807) is 0 Å². The molecular formula is C24H30F3OPSi. The number of hydrogen-bond acceptors (Lipinski definition) is 1. The molecule has 0 bridgehead atoms. The van der Waals surface area contributed by atoms with Crippen molar-refractivity contribution in [3.8, 4) is 0 Å². The third-order valence-electron chi connectivity index (χ3n) is 5.05. The first-order valence-corrected chi connectivity index (χ1v) is 13.1. The standard InChI is InChI=1S/C21H20F3P.C3H10OSi/c22-21(23,24)16-17-25(18-10-4-1-5-11-18,19-12-6-2-7-13-19)20-14-8-3-9-15-20;1-3(2)4-5/h1-15,25H,16-17H2;3H,1-2,5H3. The Bertz CT molecular complexity index is 759. The molecule has 0 spiro atoms.